The number of aromatic nitrogens is 1. The largest absolute Gasteiger partial charge is 0.364 e. The number of hydrogen-bond donors (Lipinski definition) is 1. The van der Waals surface area contributed by atoms with Crippen LogP contribution in [0.15, 0.2) is 30.5 Å². The van der Waals surface area contributed by atoms with E-state index in [1.807, 2.05) is 25.3 Å². The lowest BCUT2D eigenvalue weighted by molar-refractivity contribution is -0.125. The average Bonchev–Trinajstić information content (AvgIpc) is 2.93. The van der Waals surface area contributed by atoms with Crippen molar-refractivity contribution in [2.45, 2.75) is 46.0 Å². The quantitative estimate of drug-likeness (QED) is 0.392. The third-order valence-electron chi connectivity index (χ3n) is 4.07. The molecule has 0 aliphatic heterocycles. The zero-order chi connectivity index (χ0) is 18.4. The highest BCUT2D eigenvalue weighted by molar-refractivity contribution is 6.30. The van der Waals surface area contributed by atoms with Gasteiger partial charge in [-0.2, -0.15) is 0 Å². The molecule has 0 atom stereocenters. The summed E-state index contributed by atoms with van der Waals surface area (Å²) in [5, 5.41) is 0.652. The van der Waals surface area contributed by atoms with Crippen LogP contribution in [0.2, 0.25) is 5.02 Å². The molecule has 2 rings (SSSR count). The van der Waals surface area contributed by atoms with Crippen LogP contribution < -0.4 is 0 Å². The summed E-state index contributed by atoms with van der Waals surface area (Å²) < 4.78 is 0. The van der Waals surface area contributed by atoms with Gasteiger partial charge in [-0.15, -0.1) is 0 Å². The first-order chi connectivity index (χ1) is 11.9. The minimum atomic E-state index is -0.114. The van der Waals surface area contributed by atoms with Crippen LogP contribution >= 0.6 is 11.6 Å². The van der Waals surface area contributed by atoms with Crippen molar-refractivity contribution < 1.29 is 14.4 Å². The van der Waals surface area contributed by atoms with Gasteiger partial charge in [0, 0.05) is 40.9 Å². The molecule has 1 aromatic carbocycles. The summed E-state index contributed by atoms with van der Waals surface area (Å²) in [5.41, 5.74) is 3.33. The molecule has 0 spiro atoms. The number of Topliss-reactive ketones (excluding diaryl/α,β-unsaturated/α-hetero) is 3. The number of ketones is 3. The summed E-state index contributed by atoms with van der Waals surface area (Å²) in [4.78, 5) is 38.2. The number of carbonyl (C=O) groups excluding carboxylic acids is 3. The number of aryl methyl sites for hydroxylation is 1. The third-order valence-corrected chi connectivity index (χ3v) is 4.32. The molecule has 0 aliphatic rings. The number of hydrogen-bond acceptors (Lipinski definition) is 3. The first-order valence-corrected chi connectivity index (χ1v) is 8.74. The molecule has 25 heavy (non-hydrogen) atoms. The lowest BCUT2D eigenvalue weighted by Crippen LogP contribution is -2.05. The van der Waals surface area contributed by atoms with E-state index in [2.05, 4.69) is 4.98 Å². The maximum atomic E-state index is 12.6. The zero-order valence-corrected chi connectivity index (χ0v) is 15.3. The van der Waals surface area contributed by atoms with Crippen molar-refractivity contribution in [3.63, 3.8) is 0 Å². The van der Waals surface area contributed by atoms with E-state index in [0.717, 1.165) is 16.8 Å². The van der Waals surface area contributed by atoms with Gasteiger partial charge in [-0.25, -0.2) is 0 Å². The van der Waals surface area contributed by atoms with Gasteiger partial charge in [0.05, 0.1) is 6.42 Å². The SMILES string of the molecule is CC(=O)CC(=O)CCCCC(=O)c1c(-c2ccc(Cl)cc2)c[nH]c1C. The number of aromatic amines is 1. The fraction of sp³-hybridized carbons (Fsp3) is 0.350. The first kappa shape index (κ1) is 19.1. The molecule has 1 heterocycles. The van der Waals surface area contributed by atoms with Gasteiger partial charge < -0.3 is 4.98 Å². The Morgan fingerprint density at radius 2 is 1.68 bits per heavy atom. The van der Waals surface area contributed by atoms with Crippen molar-refractivity contribution in [2.24, 2.45) is 0 Å². The van der Waals surface area contributed by atoms with Gasteiger partial charge in [-0.1, -0.05) is 23.7 Å². The molecule has 0 amide bonds. The maximum Gasteiger partial charge on any atom is 0.165 e. The van der Waals surface area contributed by atoms with Crippen molar-refractivity contribution in [3.8, 4) is 11.1 Å². The second-order valence-electron chi connectivity index (χ2n) is 6.26. The van der Waals surface area contributed by atoms with Gasteiger partial charge in [0.15, 0.2) is 5.78 Å². The Labute approximate surface area is 152 Å². The van der Waals surface area contributed by atoms with Gasteiger partial charge >= 0.3 is 0 Å². The average molecular weight is 360 g/mol. The predicted molar refractivity (Wildman–Crippen MR) is 99.1 cm³/mol. The zero-order valence-electron chi connectivity index (χ0n) is 14.5. The van der Waals surface area contributed by atoms with Crippen molar-refractivity contribution in [1.29, 1.82) is 0 Å². The lowest BCUT2D eigenvalue weighted by atomic mass is 9.96. The Balaban J connectivity index is 1.98. The number of carbonyl (C=O) groups is 3. The van der Waals surface area contributed by atoms with Crippen LogP contribution in [0.4, 0.5) is 0 Å². The molecule has 1 N–H and O–H groups in total. The second kappa shape index (κ2) is 8.77. The molecule has 2 aromatic rings. The molecule has 0 fully saturated rings. The van der Waals surface area contributed by atoms with Crippen LogP contribution in [0.5, 0.6) is 0 Å². The van der Waals surface area contributed by atoms with Crippen molar-refractivity contribution in [1.82, 2.24) is 4.98 Å². The van der Waals surface area contributed by atoms with E-state index in [4.69, 9.17) is 11.6 Å². The molecular formula is C20H22ClNO3. The van der Waals surface area contributed by atoms with Crippen molar-refractivity contribution in [2.75, 3.05) is 0 Å². The Hall–Kier alpha value is -2.20. The van der Waals surface area contributed by atoms with Gasteiger partial charge in [0.2, 0.25) is 0 Å². The van der Waals surface area contributed by atoms with Gasteiger partial charge in [0.1, 0.15) is 11.6 Å². The number of nitrogens with one attached hydrogen (secondary N) is 1. The normalized spacial score (nSPS) is 10.7. The van der Waals surface area contributed by atoms with E-state index in [1.165, 1.54) is 6.92 Å². The minimum absolute atomic E-state index is 0.00835. The topological polar surface area (TPSA) is 67.0 Å². The molecule has 4 nitrogen and oxygen atoms in total. The summed E-state index contributed by atoms with van der Waals surface area (Å²) in [6.45, 7) is 3.29. The number of benzene rings is 1. The molecule has 1 aromatic heterocycles. The van der Waals surface area contributed by atoms with Crippen LogP contribution in [-0.2, 0) is 9.59 Å². The van der Waals surface area contributed by atoms with E-state index in [1.54, 1.807) is 12.1 Å². The van der Waals surface area contributed by atoms with Crippen LogP contribution in [0.3, 0.4) is 0 Å². The number of H-pyrrole nitrogens is 1. The lowest BCUT2D eigenvalue weighted by Gasteiger charge is -2.06. The Morgan fingerprint density at radius 3 is 2.32 bits per heavy atom. The van der Waals surface area contributed by atoms with Crippen molar-refractivity contribution >= 4 is 29.0 Å². The molecule has 132 valence electrons. The van der Waals surface area contributed by atoms with E-state index in [-0.39, 0.29) is 23.8 Å². The summed E-state index contributed by atoms with van der Waals surface area (Å²) in [7, 11) is 0. The van der Waals surface area contributed by atoms with Crippen LogP contribution in [0.25, 0.3) is 11.1 Å². The highest BCUT2D eigenvalue weighted by Crippen LogP contribution is 2.28. The highest BCUT2D eigenvalue weighted by atomic mass is 35.5. The number of halogens is 1. The summed E-state index contributed by atoms with van der Waals surface area (Å²) >= 11 is 5.92. The Bertz CT molecular complexity index is 775. The van der Waals surface area contributed by atoms with Crippen molar-refractivity contribution in [3.05, 3.63) is 46.7 Å². The van der Waals surface area contributed by atoms with Gasteiger partial charge in [-0.3, -0.25) is 14.4 Å². The Morgan fingerprint density at radius 1 is 1.04 bits per heavy atom. The Kier molecular flexibility index (Phi) is 6.71. The molecule has 0 bridgehead atoms. The molecular weight excluding hydrogens is 338 g/mol. The molecule has 0 aliphatic carbocycles. The number of rotatable bonds is 9. The van der Waals surface area contributed by atoms with Crippen LogP contribution in [0.1, 0.15) is 55.1 Å². The maximum absolute atomic E-state index is 12.6. The van der Waals surface area contributed by atoms with E-state index < -0.39 is 0 Å². The fourth-order valence-corrected chi connectivity index (χ4v) is 2.97. The second-order valence-corrected chi connectivity index (χ2v) is 6.69. The monoisotopic (exact) mass is 359 g/mol. The molecule has 5 heteroatoms. The van der Waals surface area contributed by atoms with E-state index in [9.17, 15) is 14.4 Å². The fourth-order valence-electron chi connectivity index (χ4n) is 2.84. The molecule has 0 unspecified atom stereocenters. The predicted octanol–water partition coefficient (Wildman–Crippen LogP) is 4.93. The molecule has 0 saturated heterocycles. The summed E-state index contributed by atoms with van der Waals surface area (Å²) in [6, 6.07) is 7.38. The van der Waals surface area contributed by atoms with Crippen LogP contribution in [0, 0.1) is 6.92 Å². The molecule has 0 saturated carbocycles. The minimum Gasteiger partial charge on any atom is -0.364 e. The summed E-state index contributed by atoms with van der Waals surface area (Å²) in [6.07, 6.45) is 3.81. The first-order valence-electron chi connectivity index (χ1n) is 8.36. The number of unbranched alkanes of at least 4 members (excludes halogenated alkanes) is 1. The smallest absolute Gasteiger partial charge is 0.165 e. The molecule has 0 radical (unpaired) electrons. The highest BCUT2D eigenvalue weighted by Gasteiger charge is 2.17. The van der Waals surface area contributed by atoms with Crippen LogP contribution in [-0.4, -0.2) is 22.3 Å². The third kappa shape index (κ3) is 5.40. The summed E-state index contributed by atoms with van der Waals surface area (Å²) in [5.74, 6) is -0.112. The van der Waals surface area contributed by atoms with E-state index >= 15 is 0 Å². The standard InChI is InChI=1S/C20H22ClNO3/c1-13(23)11-17(24)5-3-4-6-19(25)20-14(2)22-12-18(20)15-7-9-16(21)10-8-15/h7-10,12,22H,3-6,11H2,1-2H3. The van der Waals surface area contributed by atoms with E-state index in [0.29, 0.717) is 36.3 Å². The van der Waals surface area contributed by atoms with Gasteiger partial charge in [0.25, 0.3) is 0 Å². The van der Waals surface area contributed by atoms with Gasteiger partial charge in [-0.05, 0) is 44.4 Å².